The molecule has 1 aliphatic heterocycles. The van der Waals surface area contributed by atoms with E-state index in [4.69, 9.17) is 9.47 Å². The number of nitrogens with one attached hydrogen (secondary N) is 1. The fourth-order valence-electron chi connectivity index (χ4n) is 3.46. The average Bonchev–Trinajstić information content (AvgIpc) is 3.20. The smallest absolute Gasteiger partial charge is 0.227 e. The monoisotopic (exact) mass is 391 g/mol. The summed E-state index contributed by atoms with van der Waals surface area (Å²) in [5.74, 6) is 1.52. The zero-order valence-corrected chi connectivity index (χ0v) is 16.5. The predicted octanol–water partition coefficient (Wildman–Crippen LogP) is 4.12. The van der Waals surface area contributed by atoms with Crippen LogP contribution in [0.3, 0.4) is 0 Å². The molecular formula is C23H25N3O3. The van der Waals surface area contributed by atoms with Gasteiger partial charge in [-0.15, -0.1) is 0 Å². The van der Waals surface area contributed by atoms with E-state index in [1.165, 1.54) is 0 Å². The highest BCUT2D eigenvalue weighted by atomic mass is 16.5. The van der Waals surface area contributed by atoms with E-state index >= 15 is 0 Å². The van der Waals surface area contributed by atoms with Gasteiger partial charge in [0.1, 0.15) is 18.2 Å². The van der Waals surface area contributed by atoms with Gasteiger partial charge in [0.15, 0.2) is 0 Å². The van der Waals surface area contributed by atoms with Crippen LogP contribution >= 0.6 is 0 Å². The van der Waals surface area contributed by atoms with E-state index in [9.17, 15) is 4.79 Å². The van der Waals surface area contributed by atoms with Crippen molar-refractivity contribution in [2.24, 2.45) is 5.92 Å². The summed E-state index contributed by atoms with van der Waals surface area (Å²) < 4.78 is 13.5. The van der Waals surface area contributed by atoms with Crippen LogP contribution in [0.1, 0.15) is 24.2 Å². The first-order valence-electron chi connectivity index (χ1n) is 9.90. The Balaban J connectivity index is 1.58. The van der Waals surface area contributed by atoms with Crippen LogP contribution in [-0.2, 0) is 16.1 Å². The van der Waals surface area contributed by atoms with Crippen molar-refractivity contribution < 1.29 is 14.3 Å². The van der Waals surface area contributed by atoms with E-state index in [2.05, 4.69) is 10.3 Å². The lowest BCUT2D eigenvalue weighted by molar-refractivity contribution is -0.122. The molecule has 0 bridgehead atoms. The molecule has 0 unspecified atom stereocenters. The van der Waals surface area contributed by atoms with Gasteiger partial charge in [-0.1, -0.05) is 30.3 Å². The minimum atomic E-state index is -0.0266. The Labute approximate surface area is 170 Å². The fraction of sp³-hybridized carbons (Fsp3) is 0.304. The van der Waals surface area contributed by atoms with E-state index in [1.807, 2.05) is 66.2 Å². The van der Waals surface area contributed by atoms with Crippen LogP contribution in [0.25, 0.3) is 5.69 Å². The number of imidazole rings is 1. The van der Waals surface area contributed by atoms with Crippen molar-refractivity contribution in [1.29, 1.82) is 0 Å². The molecule has 1 N–H and O–H groups in total. The lowest BCUT2D eigenvalue weighted by Gasteiger charge is -2.22. The van der Waals surface area contributed by atoms with Gasteiger partial charge < -0.3 is 19.4 Å². The third-order valence-corrected chi connectivity index (χ3v) is 5.16. The van der Waals surface area contributed by atoms with Crippen molar-refractivity contribution in [1.82, 2.24) is 9.55 Å². The molecule has 0 saturated carbocycles. The third-order valence-electron chi connectivity index (χ3n) is 5.16. The Morgan fingerprint density at radius 3 is 2.72 bits per heavy atom. The summed E-state index contributed by atoms with van der Waals surface area (Å²) in [5, 5.41) is 3.06. The van der Waals surface area contributed by atoms with Crippen LogP contribution in [0.4, 0.5) is 5.69 Å². The van der Waals surface area contributed by atoms with Gasteiger partial charge in [-0.05, 0) is 37.5 Å². The molecular weight excluding hydrogens is 366 g/mol. The second-order valence-corrected chi connectivity index (χ2v) is 7.18. The lowest BCUT2D eigenvalue weighted by Crippen LogP contribution is -2.28. The predicted molar refractivity (Wildman–Crippen MR) is 111 cm³/mol. The van der Waals surface area contributed by atoms with Crippen LogP contribution in [0.2, 0.25) is 0 Å². The number of hydrogen-bond donors (Lipinski definition) is 1. The molecule has 6 heteroatoms. The highest BCUT2D eigenvalue weighted by Gasteiger charge is 2.22. The fourth-order valence-corrected chi connectivity index (χ4v) is 3.46. The molecule has 1 aliphatic rings. The summed E-state index contributed by atoms with van der Waals surface area (Å²) in [6, 6.07) is 15.8. The molecule has 2 heterocycles. The van der Waals surface area contributed by atoms with E-state index < -0.39 is 0 Å². The van der Waals surface area contributed by atoms with Crippen molar-refractivity contribution in [2.45, 2.75) is 26.4 Å². The van der Waals surface area contributed by atoms with Gasteiger partial charge in [0.2, 0.25) is 5.91 Å². The molecule has 150 valence electrons. The number of aromatic nitrogens is 2. The minimum absolute atomic E-state index is 0.0180. The number of amides is 1. The van der Waals surface area contributed by atoms with Gasteiger partial charge in [-0.25, -0.2) is 4.98 Å². The highest BCUT2D eigenvalue weighted by molar-refractivity contribution is 5.94. The number of carbonyl (C=O) groups excluding carboxylic acids is 1. The van der Waals surface area contributed by atoms with E-state index in [1.54, 1.807) is 6.20 Å². The quantitative estimate of drug-likeness (QED) is 0.686. The van der Waals surface area contributed by atoms with E-state index in [0.29, 0.717) is 31.3 Å². The maximum absolute atomic E-state index is 12.7. The Morgan fingerprint density at radius 1 is 1.21 bits per heavy atom. The largest absolute Gasteiger partial charge is 0.487 e. The molecule has 0 atom stereocenters. The van der Waals surface area contributed by atoms with Gasteiger partial charge in [0, 0.05) is 37.6 Å². The van der Waals surface area contributed by atoms with Gasteiger partial charge in [0.25, 0.3) is 0 Å². The van der Waals surface area contributed by atoms with E-state index in [0.717, 1.165) is 29.9 Å². The van der Waals surface area contributed by atoms with Crippen LogP contribution in [0, 0.1) is 12.8 Å². The molecule has 0 radical (unpaired) electrons. The molecule has 1 amide bonds. The first-order valence-corrected chi connectivity index (χ1v) is 9.90. The highest BCUT2D eigenvalue weighted by Crippen LogP contribution is 2.30. The van der Waals surface area contributed by atoms with Gasteiger partial charge in [-0.3, -0.25) is 4.79 Å². The van der Waals surface area contributed by atoms with Crippen molar-refractivity contribution in [3.63, 3.8) is 0 Å². The molecule has 1 aromatic heterocycles. The number of hydrogen-bond acceptors (Lipinski definition) is 4. The molecule has 6 nitrogen and oxygen atoms in total. The van der Waals surface area contributed by atoms with Gasteiger partial charge >= 0.3 is 0 Å². The summed E-state index contributed by atoms with van der Waals surface area (Å²) in [6.45, 7) is 3.64. The maximum atomic E-state index is 12.7. The second kappa shape index (κ2) is 8.92. The second-order valence-electron chi connectivity index (χ2n) is 7.18. The zero-order chi connectivity index (χ0) is 20.1. The standard InChI is InChI=1S/C23H25N3O3/c1-17-24-11-12-26(17)20-7-8-21(25-23(27)19-9-13-28-14-10-19)22(15-20)29-16-18-5-3-2-4-6-18/h2-8,11-12,15,19H,9-10,13-14,16H2,1H3,(H,25,27). The van der Waals surface area contributed by atoms with Crippen molar-refractivity contribution in [3.8, 4) is 11.4 Å². The minimum Gasteiger partial charge on any atom is -0.487 e. The van der Waals surface area contributed by atoms with Gasteiger partial charge in [0.05, 0.1) is 11.4 Å². The Morgan fingerprint density at radius 2 is 2.00 bits per heavy atom. The molecule has 0 spiro atoms. The van der Waals surface area contributed by atoms with Crippen LogP contribution in [0.15, 0.2) is 60.9 Å². The lowest BCUT2D eigenvalue weighted by atomic mass is 9.99. The molecule has 0 aliphatic carbocycles. The Kier molecular flexibility index (Phi) is 5.91. The number of ether oxygens (including phenoxy) is 2. The molecule has 1 saturated heterocycles. The summed E-state index contributed by atoms with van der Waals surface area (Å²) in [7, 11) is 0. The normalized spacial score (nSPS) is 14.5. The third kappa shape index (κ3) is 4.66. The number of nitrogens with zero attached hydrogens (tertiary/aromatic N) is 2. The molecule has 1 fully saturated rings. The first-order chi connectivity index (χ1) is 14.2. The summed E-state index contributed by atoms with van der Waals surface area (Å²) in [5.41, 5.74) is 2.68. The number of rotatable bonds is 6. The number of benzene rings is 2. The number of carbonyl (C=O) groups is 1. The van der Waals surface area contributed by atoms with Gasteiger partial charge in [-0.2, -0.15) is 0 Å². The molecule has 2 aromatic carbocycles. The van der Waals surface area contributed by atoms with Crippen LogP contribution in [-0.4, -0.2) is 28.7 Å². The van der Waals surface area contributed by atoms with Crippen molar-refractivity contribution in [3.05, 3.63) is 72.3 Å². The maximum Gasteiger partial charge on any atom is 0.227 e. The SMILES string of the molecule is Cc1nccn1-c1ccc(NC(=O)C2CCOCC2)c(OCc2ccccc2)c1. The first kappa shape index (κ1) is 19.2. The Hall–Kier alpha value is -3.12. The summed E-state index contributed by atoms with van der Waals surface area (Å²) in [6.07, 6.45) is 5.17. The van der Waals surface area contributed by atoms with E-state index in [-0.39, 0.29) is 11.8 Å². The van der Waals surface area contributed by atoms with Crippen molar-refractivity contribution in [2.75, 3.05) is 18.5 Å². The molecule has 3 aromatic rings. The summed E-state index contributed by atoms with van der Waals surface area (Å²) in [4.78, 5) is 17.0. The number of anilines is 1. The molecule has 4 rings (SSSR count). The van der Waals surface area contributed by atoms with Crippen LogP contribution in [0.5, 0.6) is 5.75 Å². The zero-order valence-electron chi connectivity index (χ0n) is 16.5. The summed E-state index contributed by atoms with van der Waals surface area (Å²) >= 11 is 0. The molecule has 29 heavy (non-hydrogen) atoms. The average molecular weight is 391 g/mol. The topological polar surface area (TPSA) is 65.4 Å². The number of aryl methyl sites for hydroxylation is 1. The Bertz CT molecular complexity index is 963. The van der Waals surface area contributed by atoms with Crippen molar-refractivity contribution >= 4 is 11.6 Å². The van der Waals surface area contributed by atoms with Crippen LogP contribution < -0.4 is 10.1 Å².